The second-order valence-corrected chi connectivity index (χ2v) is 4.78. The molecule has 20 heavy (non-hydrogen) atoms. The first-order valence-corrected chi connectivity index (χ1v) is 6.57. The zero-order chi connectivity index (χ0) is 14.5. The third-order valence-corrected chi connectivity index (χ3v) is 3.28. The Labute approximate surface area is 116 Å². The molecule has 0 saturated carbocycles. The molecule has 0 spiro atoms. The van der Waals surface area contributed by atoms with E-state index in [4.69, 9.17) is 15.6 Å². The predicted molar refractivity (Wildman–Crippen MR) is 72.3 cm³/mol. The van der Waals surface area contributed by atoms with Crippen LogP contribution in [0.2, 0.25) is 0 Å². The van der Waals surface area contributed by atoms with E-state index in [-0.39, 0.29) is 24.8 Å². The number of fused-ring (bicyclic) bond motifs is 1. The van der Waals surface area contributed by atoms with E-state index in [9.17, 15) is 9.59 Å². The van der Waals surface area contributed by atoms with Gasteiger partial charge in [0.25, 0.3) is 0 Å². The summed E-state index contributed by atoms with van der Waals surface area (Å²) in [4.78, 5) is 22.4. The van der Waals surface area contributed by atoms with Gasteiger partial charge in [-0.1, -0.05) is 18.2 Å². The fourth-order valence-electron chi connectivity index (χ4n) is 2.18. The highest BCUT2D eigenvalue weighted by Crippen LogP contribution is 2.31. The van der Waals surface area contributed by atoms with Crippen molar-refractivity contribution in [2.24, 2.45) is 5.73 Å². The molecule has 4 N–H and O–H groups in total. The Bertz CT molecular complexity index is 504. The minimum absolute atomic E-state index is 0.112. The third kappa shape index (κ3) is 3.48. The molecular weight excluding hydrogens is 260 g/mol. The van der Waals surface area contributed by atoms with E-state index in [1.165, 1.54) is 0 Å². The lowest BCUT2D eigenvalue weighted by Gasteiger charge is -2.27. The summed E-state index contributed by atoms with van der Waals surface area (Å²) in [5.74, 6) is -0.513. The number of carboxylic acids is 1. The number of nitrogens with one attached hydrogen (secondary N) is 1. The van der Waals surface area contributed by atoms with Gasteiger partial charge in [0.2, 0.25) is 5.91 Å². The first-order chi connectivity index (χ1) is 9.58. The molecule has 0 fully saturated rings. The van der Waals surface area contributed by atoms with Gasteiger partial charge in [0.15, 0.2) is 0 Å². The van der Waals surface area contributed by atoms with Gasteiger partial charge in [-0.3, -0.25) is 9.59 Å². The largest absolute Gasteiger partial charge is 0.493 e. The van der Waals surface area contributed by atoms with Crippen LogP contribution >= 0.6 is 0 Å². The van der Waals surface area contributed by atoms with Crippen molar-refractivity contribution in [3.05, 3.63) is 29.8 Å². The standard InChI is InChI=1S/C14H18N2O4/c15-10(5-6-13(17)18)14(19)16-11-7-8-20-12-4-2-1-3-9(11)12/h1-4,10-11H,5-8,15H2,(H,16,19)(H,17,18). The molecule has 6 heteroatoms. The van der Waals surface area contributed by atoms with E-state index in [1.54, 1.807) is 0 Å². The number of benzene rings is 1. The molecule has 0 saturated heterocycles. The normalized spacial score (nSPS) is 18.6. The summed E-state index contributed by atoms with van der Waals surface area (Å²) < 4.78 is 5.51. The van der Waals surface area contributed by atoms with Gasteiger partial charge in [0.05, 0.1) is 18.7 Å². The van der Waals surface area contributed by atoms with Gasteiger partial charge >= 0.3 is 5.97 Å². The molecule has 6 nitrogen and oxygen atoms in total. The molecule has 1 aromatic rings. The summed E-state index contributed by atoms with van der Waals surface area (Å²) in [5.41, 5.74) is 6.62. The molecule has 2 rings (SSSR count). The minimum Gasteiger partial charge on any atom is -0.493 e. The maximum atomic E-state index is 12.0. The number of rotatable bonds is 5. The fourth-order valence-corrected chi connectivity index (χ4v) is 2.18. The van der Waals surface area contributed by atoms with Crippen molar-refractivity contribution in [3.63, 3.8) is 0 Å². The topological polar surface area (TPSA) is 102 Å². The molecule has 1 heterocycles. The van der Waals surface area contributed by atoms with E-state index < -0.39 is 12.0 Å². The molecule has 2 atom stereocenters. The number of carbonyl (C=O) groups is 2. The van der Waals surface area contributed by atoms with E-state index in [1.807, 2.05) is 24.3 Å². The second kappa shape index (κ2) is 6.38. The van der Waals surface area contributed by atoms with Crippen molar-refractivity contribution in [3.8, 4) is 5.75 Å². The number of ether oxygens (including phenoxy) is 1. The van der Waals surface area contributed by atoms with Gasteiger partial charge in [-0.15, -0.1) is 0 Å². The first-order valence-electron chi connectivity index (χ1n) is 6.57. The summed E-state index contributed by atoms with van der Waals surface area (Å²) in [6, 6.07) is 6.59. The van der Waals surface area contributed by atoms with Crippen molar-refractivity contribution in [2.75, 3.05) is 6.61 Å². The number of hydrogen-bond donors (Lipinski definition) is 3. The molecule has 108 valence electrons. The highest BCUT2D eigenvalue weighted by molar-refractivity contribution is 5.82. The van der Waals surface area contributed by atoms with Crippen molar-refractivity contribution in [1.82, 2.24) is 5.32 Å². The van der Waals surface area contributed by atoms with Gasteiger partial charge in [-0.05, 0) is 12.5 Å². The van der Waals surface area contributed by atoms with Crippen LogP contribution in [-0.4, -0.2) is 29.6 Å². The van der Waals surface area contributed by atoms with Crippen LogP contribution in [0.1, 0.15) is 30.9 Å². The summed E-state index contributed by atoms with van der Waals surface area (Å²) in [6.07, 6.45) is 0.694. The maximum Gasteiger partial charge on any atom is 0.303 e. The monoisotopic (exact) mass is 278 g/mol. The first kappa shape index (κ1) is 14.3. The summed E-state index contributed by atoms with van der Waals surface area (Å²) >= 11 is 0. The lowest BCUT2D eigenvalue weighted by molar-refractivity contribution is -0.137. The number of aliphatic carboxylic acids is 1. The van der Waals surface area contributed by atoms with Crippen molar-refractivity contribution >= 4 is 11.9 Å². The van der Waals surface area contributed by atoms with Gasteiger partial charge in [-0.25, -0.2) is 0 Å². The SMILES string of the molecule is NC(CCC(=O)O)C(=O)NC1CCOc2ccccc21. The molecule has 2 unspecified atom stereocenters. The van der Waals surface area contributed by atoms with E-state index >= 15 is 0 Å². The Hall–Kier alpha value is -2.08. The Morgan fingerprint density at radius 1 is 1.45 bits per heavy atom. The number of nitrogens with two attached hydrogens (primary N) is 1. The van der Waals surface area contributed by atoms with Crippen LogP contribution in [0.4, 0.5) is 0 Å². The number of carboxylic acid groups (broad SMARTS) is 1. The smallest absolute Gasteiger partial charge is 0.303 e. The average molecular weight is 278 g/mol. The minimum atomic E-state index is -0.954. The van der Waals surface area contributed by atoms with Gasteiger partial charge in [0.1, 0.15) is 5.75 Å². The Morgan fingerprint density at radius 3 is 2.95 bits per heavy atom. The molecule has 0 aromatic heterocycles. The number of hydrogen-bond acceptors (Lipinski definition) is 4. The van der Waals surface area contributed by atoms with E-state index in [2.05, 4.69) is 5.32 Å². The van der Waals surface area contributed by atoms with E-state index in [0.717, 1.165) is 11.3 Å². The maximum absolute atomic E-state index is 12.0. The van der Waals surface area contributed by atoms with Gasteiger partial charge < -0.3 is 20.9 Å². The Morgan fingerprint density at radius 2 is 2.20 bits per heavy atom. The van der Waals surface area contributed by atoms with E-state index in [0.29, 0.717) is 13.0 Å². The van der Waals surface area contributed by atoms with Crippen molar-refractivity contribution in [2.45, 2.75) is 31.3 Å². The van der Waals surface area contributed by atoms with Crippen LogP contribution in [0.15, 0.2) is 24.3 Å². The highest BCUT2D eigenvalue weighted by Gasteiger charge is 2.24. The molecule has 1 aromatic carbocycles. The van der Waals surface area contributed by atoms with Gasteiger partial charge in [-0.2, -0.15) is 0 Å². The lowest BCUT2D eigenvalue weighted by atomic mass is 10.00. The van der Waals surface area contributed by atoms with Crippen LogP contribution in [0.5, 0.6) is 5.75 Å². The van der Waals surface area contributed by atoms with Gasteiger partial charge in [0, 0.05) is 18.4 Å². The molecule has 1 aliphatic heterocycles. The van der Waals surface area contributed by atoms with Crippen LogP contribution in [0, 0.1) is 0 Å². The fraction of sp³-hybridized carbons (Fsp3) is 0.429. The average Bonchev–Trinajstić information content (AvgIpc) is 2.45. The molecule has 1 amide bonds. The van der Waals surface area contributed by atoms with Crippen LogP contribution < -0.4 is 15.8 Å². The Balaban J connectivity index is 1.97. The Kier molecular flexibility index (Phi) is 4.57. The zero-order valence-electron chi connectivity index (χ0n) is 11.0. The number of carbonyl (C=O) groups excluding carboxylic acids is 1. The second-order valence-electron chi connectivity index (χ2n) is 4.78. The number of para-hydroxylation sites is 1. The van der Waals surface area contributed by atoms with Crippen LogP contribution in [0.3, 0.4) is 0 Å². The molecule has 0 aliphatic carbocycles. The van der Waals surface area contributed by atoms with Crippen molar-refractivity contribution < 1.29 is 19.4 Å². The third-order valence-electron chi connectivity index (χ3n) is 3.28. The van der Waals surface area contributed by atoms with Crippen LogP contribution in [0.25, 0.3) is 0 Å². The highest BCUT2D eigenvalue weighted by atomic mass is 16.5. The van der Waals surface area contributed by atoms with Crippen LogP contribution in [-0.2, 0) is 9.59 Å². The predicted octanol–water partition coefficient (Wildman–Crippen LogP) is 0.818. The molecule has 1 aliphatic rings. The molecule has 0 bridgehead atoms. The molecule has 0 radical (unpaired) electrons. The summed E-state index contributed by atoms with van der Waals surface area (Å²) in [5, 5.41) is 11.5. The quantitative estimate of drug-likeness (QED) is 0.740. The zero-order valence-corrected chi connectivity index (χ0v) is 11.0. The lowest BCUT2D eigenvalue weighted by Crippen LogP contribution is -2.43. The number of amides is 1. The van der Waals surface area contributed by atoms with Crippen molar-refractivity contribution in [1.29, 1.82) is 0 Å². The summed E-state index contributed by atoms with van der Waals surface area (Å²) in [7, 11) is 0. The summed E-state index contributed by atoms with van der Waals surface area (Å²) in [6.45, 7) is 0.534. The molecular formula is C14H18N2O4.